The van der Waals surface area contributed by atoms with E-state index in [2.05, 4.69) is 152 Å². The first-order valence-electron chi connectivity index (χ1n) is 14.9. The van der Waals surface area contributed by atoms with E-state index in [1.807, 2.05) is 6.08 Å². The number of rotatable bonds is 4. The van der Waals surface area contributed by atoms with Crippen LogP contribution in [0.25, 0.3) is 28.4 Å². The predicted molar refractivity (Wildman–Crippen MR) is 183 cm³/mol. The summed E-state index contributed by atoms with van der Waals surface area (Å²) in [5.41, 5.74) is 10.9. The number of hydrogen-bond acceptors (Lipinski definition) is 1. The van der Waals surface area contributed by atoms with Crippen molar-refractivity contribution in [3.8, 4) is 0 Å². The van der Waals surface area contributed by atoms with Gasteiger partial charge in [-0.15, -0.1) is 0 Å². The van der Waals surface area contributed by atoms with Crippen molar-refractivity contribution >= 4 is 40.1 Å². The fourth-order valence-electron chi connectivity index (χ4n) is 6.73. The number of urea groups is 1. The molecular formula is C41H32N2O. The minimum absolute atomic E-state index is 0.294. The first-order chi connectivity index (χ1) is 21.6. The SMILES string of the molecule is CN(C)C(=O)/N=C1/C=Cc2ccccc2C12C(c1ccccc1)=C(c1ccccc1)C(c1ccccc1)=C2c1ccccc1. The largest absolute Gasteiger partial charge is 0.343 e. The quantitative estimate of drug-likeness (QED) is 0.213. The van der Waals surface area contributed by atoms with Gasteiger partial charge in [-0.2, -0.15) is 4.99 Å². The van der Waals surface area contributed by atoms with Gasteiger partial charge >= 0.3 is 6.03 Å². The van der Waals surface area contributed by atoms with Crippen LogP contribution >= 0.6 is 0 Å². The Balaban J connectivity index is 1.77. The zero-order valence-corrected chi connectivity index (χ0v) is 24.8. The third-order valence-corrected chi connectivity index (χ3v) is 8.52. The van der Waals surface area contributed by atoms with Crippen molar-refractivity contribution in [1.29, 1.82) is 0 Å². The lowest BCUT2D eigenvalue weighted by molar-refractivity contribution is 0.227. The van der Waals surface area contributed by atoms with E-state index in [4.69, 9.17) is 4.99 Å². The topological polar surface area (TPSA) is 32.7 Å². The minimum Gasteiger partial charge on any atom is -0.329 e. The van der Waals surface area contributed by atoms with Gasteiger partial charge in [-0.1, -0.05) is 152 Å². The van der Waals surface area contributed by atoms with Gasteiger partial charge in [-0.05, 0) is 61.7 Å². The molecule has 3 heteroatoms. The molecule has 0 N–H and O–H groups in total. The molecule has 0 radical (unpaired) electrons. The number of carbonyl (C=O) groups is 1. The molecule has 0 saturated carbocycles. The minimum atomic E-state index is -0.893. The van der Waals surface area contributed by atoms with E-state index in [0.29, 0.717) is 5.71 Å². The molecule has 2 aliphatic rings. The van der Waals surface area contributed by atoms with Crippen LogP contribution in [0.1, 0.15) is 33.4 Å². The Hall–Kier alpha value is -5.54. The Morgan fingerprint density at radius 3 is 1.39 bits per heavy atom. The summed E-state index contributed by atoms with van der Waals surface area (Å²) in [4.78, 5) is 20.0. The van der Waals surface area contributed by atoms with Crippen molar-refractivity contribution < 1.29 is 4.79 Å². The third-order valence-electron chi connectivity index (χ3n) is 8.52. The van der Waals surface area contributed by atoms with Crippen LogP contribution in [0.15, 0.2) is 157 Å². The molecule has 2 aliphatic carbocycles. The summed E-state index contributed by atoms with van der Waals surface area (Å²) >= 11 is 0. The summed E-state index contributed by atoms with van der Waals surface area (Å²) in [7, 11) is 3.50. The fraction of sp³-hybridized carbons (Fsp3) is 0.0732. The molecule has 0 saturated heterocycles. The van der Waals surface area contributed by atoms with Gasteiger partial charge in [0.1, 0.15) is 0 Å². The number of nitrogens with zero attached hydrogens (tertiary/aromatic N) is 2. The van der Waals surface area contributed by atoms with E-state index in [1.54, 1.807) is 14.1 Å². The Bertz CT molecular complexity index is 1870. The van der Waals surface area contributed by atoms with Gasteiger partial charge in [0.25, 0.3) is 0 Å². The van der Waals surface area contributed by atoms with Crippen LogP contribution in [-0.2, 0) is 5.41 Å². The average molecular weight is 569 g/mol. The zero-order chi connectivity index (χ0) is 30.1. The van der Waals surface area contributed by atoms with E-state index < -0.39 is 5.41 Å². The number of aliphatic imine (C=N–C) groups is 1. The number of amides is 2. The normalized spacial score (nSPS) is 16.0. The maximum absolute atomic E-state index is 13.5. The van der Waals surface area contributed by atoms with Crippen molar-refractivity contribution in [2.45, 2.75) is 5.41 Å². The highest BCUT2D eigenvalue weighted by molar-refractivity contribution is 6.41. The van der Waals surface area contributed by atoms with Crippen LogP contribution in [0, 0.1) is 0 Å². The number of hydrogen-bond donors (Lipinski definition) is 0. The summed E-state index contributed by atoms with van der Waals surface area (Å²) < 4.78 is 0. The number of allylic oxidation sites excluding steroid dienone is 5. The lowest BCUT2D eigenvalue weighted by Gasteiger charge is -2.40. The predicted octanol–water partition coefficient (Wildman–Crippen LogP) is 9.31. The average Bonchev–Trinajstić information content (AvgIpc) is 3.40. The number of benzene rings is 5. The summed E-state index contributed by atoms with van der Waals surface area (Å²) in [6, 6.07) is 50.7. The van der Waals surface area contributed by atoms with Gasteiger partial charge in [0.05, 0.1) is 11.1 Å². The third kappa shape index (κ3) is 4.37. The first-order valence-corrected chi connectivity index (χ1v) is 14.9. The molecule has 5 aromatic carbocycles. The van der Waals surface area contributed by atoms with Crippen LogP contribution in [0.3, 0.4) is 0 Å². The molecule has 44 heavy (non-hydrogen) atoms. The fourth-order valence-corrected chi connectivity index (χ4v) is 6.73. The molecule has 0 fully saturated rings. The molecule has 3 nitrogen and oxygen atoms in total. The van der Waals surface area contributed by atoms with Gasteiger partial charge < -0.3 is 4.90 Å². The smallest absolute Gasteiger partial charge is 0.329 e. The molecule has 0 aliphatic heterocycles. The van der Waals surface area contributed by atoms with Crippen molar-refractivity contribution in [1.82, 2.24) is 4.90 Å². The highest BCUT2D eigenvalue weighted by Gasteiger charge is 2.54. The van der Waals surface area contributed by atoms with Crippen LogP contribution in [-0.4, -0.2) is 30.7 Å². The highest BCUT2D eigenvalue weighted by atomic mass is 16.2. The van der Waals surface area contributed by atoms with E-state index in [1.165, 1.54) is 4.90 Å². The molecule has 0 atom stereocenters. The molecule has 2 amide bonds. The summed E-state index contributed by atoms with van der Waals surface area (Å²) in [6.07, 6.45) is 4.14. The monoisotopic (exact) mass is 568 g/mol. The molecule has 5 aromatic rings. The molecule has 212 valence electrons. The Kier molecular flexibility index (Phi) is 7.00. The maximum Gasteiger partial charge on any atom is 0.343 e. The Morgan fingerprint density at radius 1 is 0.523 bits per heavy atom. The summed E-state index contributed by atoms with van der Waals surface area (Å²) in [5.74, 6) is 0. The molecule has 0 bridgehead atoms. The molecule has 0 heterocycles. The van der Waals surface area contributed by atoms with Gasteiger partial charge in [0.2, 0.25) is 0 Å². The van der Waals surface area contributed by atoms with Gasteiger partial charge in [-0.25, -0.2) is 4.79 Å². The van der Waals surface area contributed by atoms with Gasteiger partial charge in [0.15, 0.2) is 0 Å². The summed E-state index contributed by atoms with van der Waals surface area (Å²) in [5, 5.41) is 0. The Morgan fingerprint density at radius 2 is 0.932 bits per heavy atom. The van der Waals surface area contributed by atoms with Crippen LogP contribution in [0.4, 0.5) is 4.79 Å². The van der Waals surface area contributed by atoms with Crippen LogP contribution in [0.2, 0.25) is 0 Å². The first kappa shape index (κ1) is 27.3. The lowest BCUT2D eigenvalue weighted by Crippen LogP contribution is -2.40. The maximum atomic E-state index is 13.5. The number of carbonyl (C=O) groups excluding carboxylic acids is 1. The second-order valence-electron chi connectivity index (χ2n) is 11.3. The molecule has 0 aromatic heterocycles. The van der Waals surface area contributed by atoms with E-state index >= 15 is 0 Å². The zero-order valence-electron chi connectivity index (χ0n) is 24.8. The van der Waals surface area contributed by atoms with Crippen LogP contribution < -0.4 is 0 Å². The van der Waals surface area contributed by atoms with E-state index in [-0.39, 0.29) is 6.03 Å². The molecule has 1 spiro atoms. The summed E-state index contributed by atoms with van der Waals surface area (Å²) in [6.45, 7) is 0. The van der Waals surface area contributed by atoms with Crippen molar-refractivity contribution in [2.24, 2.45) is 4.99 Å². The van der Waals surface area contributed by atoms with Crippen molar-refractivity contribution in [2.75, 3.05) is 14.1 Å². The van der Waals surface area contributed by atoms with Crippen LogP contribution in [0.5, 0.6) is 0 Å². The standard InChI is InChI=1S/C41H32N2O/c1-43(2)40(44)42-35-28-27-29-17-15-16-26-34(29)41(35)38(32-22-11-5-12-23-32)36(30-18-7-3-8-19-30)37(31-20-9-4-10-21-31)39(41)33-24-13-6-14-25-33/h3-28H,1-2H3/b42-35-. The van der Waals surface area contributed by atoms with Crippen molar-refractivity contribution in [3.63, 3.8) is 0 Å². The lowest BCUT2D eigenvalue weighted by atomic mass is 9.61. The van der Waals surface area contributed by atoms with E-state index in [9.17, 15) is 4.79 Å². The molecular weight excluding hydrogens is 536 g/mol. The second kappa shape index (κ2) is 11.3. The highest BCUT2D eigenvalue weighted by Crippen LogP contribution is 2.64. The van der Waals surface area contributed by atoms with Gasteiger partial charge in [0, 0.05) is 14.1 Å². The second-order valence-corrected chi connectivity index (χ2v) is 11.3. The van der Waals surface area contributed by atoms with Gasteiger partial charge in [-0.3, -0.25) is 0 Å². The number of fused-ring (bicyclic) bond motifs is 2. The molecule has 7 rings (SSSR count). The van der Waals surface area contributed by atoms with Crippen molar-refractivity contribution in [3.05, 3.63) is 185 Å². The van der Waals surface area contributed by atoms with E-state index in [0.717, 1.165) is 55.7 Å². The molecule has 0 unspecified atom stereocenters. The Labute approximate surface area is 258 Å².